The summed E-state index contributed by atoms with van der Waals surface area (Å²) in [5.74, 6) is -1.14. The summed E-state index contributed by atoms with van der Waals surface area (Å²) in [5, 5.41) is 40.4. The van der Waals surface area contributed by atoms with Crippen molar-refractivity contribution in [3.63, 3.8) is 0 Å². The zero-order valence-electron chi connectivity index (χ0n) is 8.73. The number of hydrogen-bond acceptors (Lipinski definition) is 6. The summed E-state index contributed by atoms with van der Waals surface area (Å²) in [4.78, 5) is 19.8. The molecule has 0 fully saturated rings. The summed E-state index contributed by atoms with van der Waals surface area (Å²) < 4.78 is 0. The molecule has 92 valence electrons. The number of phenols is 2. The molecule has 0 saturated heterocycles. The third-order valence-electron chi connectivity index (χ3n) is 2.46. The second-order valence-corrected chi connectivity index (χ2v) is 3.48. The van der Waals surface area contributed by atoms with Gasteiger partial charge in [-0.05, 0) is 12.1 Å². The van der Waals surface area contributed by atoms with Gasteiger partial charge in [0.25, 0.3) is 5.69 Å². The molecule has 0 saturated carbocycles. The highest BCUT2D eigenvalue weighted by atomic mass is 16.6. The quantitative estimate of drug-likeness (QED) is 0.620. The van der Waals surface area contributed by atoms with E-state index in [1.807, 2.05) is 0 Å². The Kier molecular flexibility index (Phi) is 2.47. The van der Waals surface area contributed by atoms with Gasteiger partial charge in [-0.3, -0.25) is 20.2 Å². The number of nitro groups is 2. The average molecular weight is 250 g/mol. The fraction of sp³-hybridized carbons (Fsp3) is 0. The molecule has 0 aliphatic rings. The van der Waals surface area contributed by atoms with Gasteiger partial charge >= 0.3 is 5.69 Å². The lowest BCUT2D eigenvalue weighted by Gasteiger charge is -2.04. The largest absolute Gasteiger partial charge is 0.507 e. The maximum atomic E-state index is 10.8. The number of phenolic OH excluding ortho intramolecular Hbond substituents is 2. The van der Waals surface area contributed by atoms with Crippen molar-refractivity contribution in [2.75, 3.05) is 0 Å². The standard InChI is InChI=1S/C10H6N2O6/c13-8-3-1-2-5-9(8)6(11(15)16)4-7(10(5)14)12(17)18/h1-4,13-14H. The number of non-ortho nitro benzene ring substituents is 1. The molecule has 0 aliphatic carbocycles. The zero-order valence-corrected chi connectivity index (χ0v) is 8.73. The predicted octanol–water partition coefficient (Wildman–Crippen LogP) is 2.07. The van der Waals surface area contributed by atoms with E-state index in [1.54, 1.807) is 0 Å². The van der Waals surface area contributed by atoms with E-state index in [2.05, 4.69) is 0 Å². The van der Waals surface area contributed by atoms with Gasteiger partial charge < -0.3 is 10.2 Å². The minimum absolute atomic E-state index is 0.143. The van der Waals surface area contributed by atoms with E-state index in [-0.39, 0.29) is 10.8 Å². The lowest BCUT2D eigenvalue weighted by Crippen LogP contribution is -1.95. The summed E-state index contributed by atoms with van der Waals surface area (Å²) in [5.41, 5.74) is -1.41. The van der Waals surface area contributed by atoms with E-state index >= 15 is 0 Å². The fourth-order valence-electron chi connectivity index (χ4n) is 1.70. The van der Waals surface area contributed by atoms with Crippen molar-refractivity contribution < 1.29 is 20.1 Å². The minimum atomic E-state index is -0.925. The van der Waals surface area contributed by atoms with E-state index in [0.717, 1.165) is 0 Å². The van der Waals surface area contributed by atoms with E-state index < -0.39 is 32.7 Å². The number of hydrogen-bond donors (Lipinski definition) is 2. The second-order valence-electron chi connectivity index (χ2n) is 3.48. The third-order valence-corrected chi connectivity index (χ3v) is 2.46. The van der Waals surface area contributed by atoms with Crippen LogP contribution in [0, 0.1) is 20.2 Å². The van der Waals surface area contributed by atoms with Crippen molar-refractivity contribution in [1.29, 1.82) is 0 Å². The molecule has 0 spiro atoms. The summed E-state index contributed by atoms with van der Waals surface area (Å²) in [6, 6.07) is 4.40. The van der Waals surface area contributed by atoms with Gasteiger partial charge in [0.2, 0.25) is 5.75 Å². The molecular formula is C10H6N2O6. The third kappa shape index (κ3) is 1.56. The van der Waals surface area contributed by atoms with Crippen LogP contribution in [0.2, 0.25) is 0 Å². The first-order valence-corrected chi connectivity index (χ1v) is 4.70. The first-order chi connectivity index (χ1) is 8.43. The van der Waals surface area contributed by atoms with Crippen molar-refractivity contribution in [1.82, 2.24) is 0 Å². The van der Waals surface area contributed by atoms with E-state index in [9.17, 15) is 30.4 Å². The van der Waals surface area contributed by atoms with Crippen LogP contribution in [0.5, 0.6) is 11.5 Å². The summed E-state index contributed by atoms with van der Waals surface area (Å²) in [7, 11) is 0. The Morgan fingerprint density at radius 1 is 1.00 bits per heavy atom. The van der Waals surface area contributed by atoms with E-state index in [0.29, 0.717) is 6.07 Å². The normalized spacial score (nSPS) is 10.4. The van der Waals surface area contributed by atoms with Gasteiger partial charge in [0.05, 0.1) is 15.9 Å². The lowest BCUT2D eigenvalue weighted by atomic mass is 10.1. The molecular weight excluding hydrogens is 244 g/mol. The van der Waals surface area contributed by atoms with E-state index in [1.165, 1.54) is 18.2 Å². The summed E-state index contributed by atoms with van der Waals surface area (Å²) in [6.45, 7) is 0. The zero-order chi connectivity index (χ0) is 13.4. The van der Waals surface area contributed by atoms with Gasteiger partial charge in [0.15, 0.2) is 0 Å². The maximum Gasteiger partial charge on any atom is 0.318 e. The number of nitrogens with zero attached hydrogens (tertiary/aromatic N) is 2. The van der Waals surface area contributed by atoms with Crippen LogP contribution in [0.15, 0.2) is 24.3 Å². The topological polar surface area (TPSA) is 127 Å². The summed E-state index contributed by atoms with van der Waals surface area (Å²) >= 11 is 0. The maximum absolute atomic E-state index is 10.8. The number of aromatic hydroxyl groups is 2. The highest BCUT2D eigenvalue weighted by molar-refractivity contribution is 6.02. The second kappa shape index (κ2) is 3.84. The first-order valence-electron chi connectivity index (χ1n) is 4.70. The summed E-state index contributed by atoms with van der Waals surface area (Å²) in [6.07, 6.45) is 0. The van der Waals surface area contributed by atoms with Crippen LogP contribution in [0.4, 0.5) is 11.4 Å². The molecule has 2 rings (SSSR count). The Morgan fingerprint density at radius 2 is 1.61 bits per heavy atom. The molecule has 0 heterocycles. The van der Waals surface area contributed by atoms with Crippen LogP contribution in [0.25, 0.3) is 10.8 Å². The van der Waals surface area contributed by atoms with Gasteiger partial charge in [0.1, 0.15) is 11.1 Å². The van der Waals surface area contributed by atoms with Crippen LogP contribution in [-0.2, 0) is 0 Å². The van der Waals surface area contributed by atoms with Gasteiger partial charge in [-0.25, -0.2) is 0 Å². The van der Waals surface area contributed by atoms with Gasteiger partial charge in [-0.2, -0.15) is 0 Å². The Balaban J connectivity index is 3.02. The van der Waals surface area contributed by atoms with Crippen LogP contribution in [0.3, 0.4) is 0 Å². The first kappa shape index (κ1) is 11.6. The minimum Gasteiger partial charge on any atom is -0.507 e. The average Bonchev–Trinajstić information content (AvgIpc) is 2.29. The molecule has 0 unspecified atom stereocenters. The Hall–Kier alpha value is -2.90. The molecule has 8 heteroatoms. The lowest BCUT2D eigenvalue weighted by molar-refractivity contribution is -0.393. The van der Waals surface area contributed by atoms with Gasteiger partial charge in [-0.1, -0.05) is 6.07 Å². The predicted molar refractivity (Wildman–Crippen MR) is 60.6 cm³/mol. The monoisotopic (exact) mass is 250 g/mol. The van der Waals surface area contributed by atoms with Crippen LogP contribution in [-0.4, -0.2) is 20.1 Å². The number of rotatable bonds is 2. The van der Waals surface area contributed by atoms with Crippen LogP contribution < -0.4 is 0 Å². The molecule has 2 aromatic carbocycles. The van der Waals surface area contributed by atoms with Crippen molar-refractivity contribution in [2.45, 2.75) is 0 Å². The van der Waals surface area contributed by atoms with Crippen molar-refractivity contribution in [3.8, 4) is 11.5 Å². The Morgan fingerprint density at radius 3 is 2.17 bits per heavy atom. The van der Waals surface area contributed by atoms with E-state index in [4.69, 9.17) is 0 Å². The van der Waals surface area contributed by atoms with Gasteiger partial charge in [-0.15, -0.1) is 0 Å². The van der Waals surface area contributed by atoms with Crippen molar-refractivity contribution in [2.24, 2.45) is 0 Å². The fourth-order valence-corrected chi connectivity index (χ4v) is 1.70. The molecule has 8 nitrogen and oxygen atoms in total. The molecule has 0 aliphatic heterocycles. The van der Waals surface area contributed by atoms with Gasteiger partial charge in [0, 0.05) is 5.39 Å². The number of benzene rings is 2. The molecule has 0 aromatic heterocycles. The smallest absolute Gasteiger partial charge is 0.318 e. The van der Waals surface area contributed by atoms with Crippen molar-refractivity contribution >= 4 is 22.1 Å². The van der Waals surface area contributed by atoms with Crippen molar-refractivity contribution in [3.05, 3.63) is 44.5 Å². The molecule has 0 amide bonds. The Labute approximate surface area is 99.0 Å². The highest BCUT2D eigenvalue weighted by Crippen LogP contribution is 2.43. The molecule has 0 radical (unpaired) electrons. The molecule has 0 bridgehead atoms. The molecule has 0 atom stereocenters. The number of nitro benzene ring substituents is 2. The molecule has 2 aromatic rings. The highest BCUT2D eigenvalue weighted by Gasteiger charge is 2.26. The Bertz CT molecular complexity index is 682. The van der Waals surface area contributed by atoms with Crippen LogP contribution in [0.1, 0.15) is 0 Å². The van der Waals surface area contributed by atoms with Crippen LogP contribution >= 0.6 is 0 Å². The molecule has 2 N–H and O–H groups in total. The SMILES string of the molecule is O=[N+]([O-])c1cc([N+](=O)[O-])c2c(O)cccc2c1O. The number of fused-ring (bicyclic) bond motifs is 1. The molecule has 18 heavy (non-hydrogen) atoms.